The van der Waals surface area contributed by atoms with Gasteiger partial charge in [0.05, 0.1) is 10.5 Å². The first-order valence-corrected chi connectivity index (χ1v) is 7.27. The molecule has 7 heteroatoms. The van der Waals surface area contributed by atoms with E-state index < -0.39 is 10.0 Å². The first-order valence-electron chi connectivity index (χ1n) is 5.73. The second kappa shape index (κ2) is 5.40. The van der Waals surface area contributed by atoms with E-state index in [0.29, 0.717) is 11.3 Å². The highest BCUT2D eigenvalue weighted by molar-refractivity contribution is 7.89. The summed E-state index contributed by atoms with van der Waals surface area (Å²) in [5.74, 6) is -0.368. The summed E-state index contributed by atoms with van der Waals surface area (Å²) in [6, 6.07) is 7.56. The molecule has 0 aliphatic rings. The van der Waals surface area contributed by atoms with Gasteiger partial charge < -0.3 is 5.32 Å². The molecule has 20 heavy (non-hydrogen) atoms. The van der Waals surface area contributed by atoms with Gasteiger partial charge in [-0.05, 0) is 36.8 Å². The minimum atomic E-state index is -3.81. The number of sulfonamides is 1. The van der Waals surface area contributed by atoms with Gasteiger partial charge in [-0.2, -0.15) is 0 Å². The number of aryl methyl sites for hydroxylation is 1. The molecule has 1 aromatic heterocycles. The number of hydrogen-bond acceptors (Lipinski definition) is 4. The van der Waals surface area contributed by atoms with Gasteiger partial charge in [-0.3, -0.25) is 9.78 Å². The van der Waals surface area contributed by atoms with Crippen LogP contribution in [0.3, 0.4) is 0 Å². The molecule has 0 unspecified atom stereocenters. The lowest BCUT2D eigenvalue weighted by Gasteiger charge is -2.09. The van der Waals surface area contributed by atoms with Gasteiger partial charge in [0.25, 0.3) is 5.91 Å². The van der Waals surface area contributed by atoms with Crippen LogP contribution in [0.4, 0.5) is 5.69 Å². The molecule has 2 aromatic rings. The first kappa shape index (κ1) is 14.2. The average molecular weight is 291 g/mol. The maximum atomic E-state index is 12.0. The van der Waals surface area contributed by atoms with Crippen LogP contribution in [0, 0.1) is 6.92 Å². The van der Waals surface area contributed by atoms with Crippen molar-refractivity contribution in [3.8, 4) is 0 Å². The topological polar surface area (TPSA) is 102 Å². The Labute approximate surface area is 116 Å². The summed E-state index contributed by atoms with van der Waals surface area (Å²) in [5, 5.41) is 7.71. The fourth-order valence-corrected chi connectivity index (χ4v) is 2.14. The summed E-state index contributed by atoms with van der Waals surface area (Å²) in [4.78, 5) is 15.8. The lowest BCUT2D eigenvalue weighted by Crippen LogP contribution is -2.15. The number of nitrogens with two attached hydrogens (primary N) is 1. The number of amides is 1. The van der Waals surface area contributed by atoms with Crippen LogP contribution in [0.15, 0.2) is 47.6 Å². The number of nitrogens with one attached hydrogen (secondary N) is 1. The van der Waals surface area contributed by atoms with Crippen molar-refractivity contribution in [2.45, 2.75) is 11.8 Å². The number of hydrogen-bond donors (Lipinski definition) is 2. The number of aromatic nitrogens is 1. The Morgan fingerprint density at radius 2 is 2.05 bits per heavy atom. The summed E-state index contributed by atoms with van der Waals surface area (Å²) in [7, 11) is -3.81. The third kappa shape index (κ3) is 3.19. The molecule has 0 spiro atoms. The summed E-state index contributed by atoms with van der Waals surface area (Å²) >= 11 is 0. The highest BCUT2D eigenvalue weighted by atomic mass is 32.2. The van der Waals surface area contributed by atoms with Crippen LogP contribution in [-0.2, 0) is 10.0 Å². The smallest absolute Gasteiger partial charge is 0.257 e. The summed E-state index contributed by atoms with van der Waals surface area (Å²) in [6.45, 7) is 1.76. The molecular weight excluding hydrogens is 278 g/mol. The van der Waals surface area contributed by atoms with Gasteiger partial charge in [0.2, 0.25) is 10.0 Å². The lowest BCUT2D eigenvalue weighted by molar-refractivity contribution is 0.102. The molecule has 1 amide bonds. The van der Waals surface area contributed by atoms with Crippen molar-refractivity contribution in [2.24, 2.45) is 5.14 Å². The molecule has 1 heterocycles. The molecule has 0 saturated heterocycles. The van der Waals surface area contributed by atoms with Crippen LogP contribution >= 0.6 is 0 Å². The second-order valence-corrected chi connectivity index (χ2v) is 5.78. The van der Waals surface area contributed by atoms with E-state index in [4.69, 9.17) is 5.14 Å². The van der Waals surface area contributed by atoms with Crippen LogP contribution in [0.25, 0.3) is 0 Å². The standard InChI is InChI=1S/C13H13N3O3S/c1-9-4-5-11(20(14,18)19)7-12(9)16-13(17)10-3-2-6-15-8-10/h2-8H,1H3,(H,16,17)(H2,14,18,19). The quantitative estimate of drug-likeness (QED) is 0.889. The van der Waals surface area contributed by atoms with E-state index in [1.807, 2.05) is 0 Å². The molecular formula is C13H13N3O3S. The number of benzene rings is 1. The molecule has 0 saturated carbocycles. The third-order valence-electron chi connectivity index (χ3n) is 2.71. The largest absolute Gasteiger partial charge is 0.322 e. The van der Waals surface area contributed by atoms with Gasteiger partial charge in [0, 0.05) is 18.1 Å². The van der Waals surface area contributed by atoms with Gasteiger partial charge in [-0.1, -0.05) is 6.07 Å². The van der Waals surface area contributed by atoms with E-state index in [1.54, 1.807) is 31.3 Å². The number of carbonyl (C=O) groups is 1. The van der Waals surface area contributed by atoms with Crippen LogP contribution in [0.1, 0.15) is 15.9 Å². The zero-order chi connectivity index (χ0) is 14.8. The number of pyridine rings is 1. The monoisotopic (exact) mass is 291 g/mol. The molecule has 1 aromatic carbocycles. The molecule has 0 radical (unpaired) electrons. The van der Waals surface area contributed by atoms with E-state index in [1.165, 1.54) is 18.3 Å². The minimum absolute atomic E-state index is 0.0513. The zero-order valence-electron chi connectivity index (χ0n) is 10.7. The summed E-state index contributed by atoms with van der Waals surface area (Å²) < 4.78 is 22.6. The Kier molecular flexibility index (Phi) is 3.82. The SMILES string of the molecule is Cc1ccc(S(N)(=O)=O)cc1NC(=O)c1cccnc1. The Hall–Kier alpha value is -2.25. The van der Waals surface area contributed by atoms with E-state index in [-0.39, 0.29) is 10.8 Å². The zero-order valence-corrected chi connectivity index (χ0v) is 11.5. The van der Waals surface area contributed by atoms with Crippen LogP contribution in [0.2, 0.25) is 0 Å². The number of anilines is 1. The number of carbonyl (C=O) groups excluding carboxylic acids is 1. The molecule has 0 bridgehead atoms. The van der Waals surface area contributed by atoms with E-state index in [0.717, 1.165) is 5.56 Å². The number of nitrogens with zero attached hydrogens (tertiary/aromatic N) is 1. The fourth-order valence-electron chi connectivity index (χ4n) is 1.60. The molecule has 104 valence electrons. The lowest BCUT2D eigenvalue weighted by atomic mass is 10.2. The molecule has 2 rings (SSSR count). The molecule has 0 aliphatic carbocycles. The summed E-state index contributed by atoms with van der Waals surface area (Å²) in [6.07, 6.45) is 2.98. The first-order chi connectivity index (χ1) is 9.38. The molecule has 0 fully saturated rings. The fraction of sp³-hybridized carbons (Fsp3) is 0.0769. The maximum absolute atomic E-state index is 12.0. The highest BCUT2D eigenvalue weighted by Crippen LogP contribution is 2.20. The Morgan fingerprint density at radius 1 is 1.30 bits per heavy atom. The summed E-state index contributed by atoms with van der Waals surface area (Å²) in [5.41, 5.74) is 1.51. The maximum Gasteiger partial charge on any atom is 0.257 e. The predicted octanol–water partition coefficient (Wildman–Crippen LogP) is 1.29. The van der Waals surface area contributed by atoms with Gasteiger partial charge in [0.1, 0.15) is 0 Å². The van der Waals surface area contributed by atoms with E-state index in [2.05, 4.69) is 10.3 Å². The van der Waals surface area contributed by atoms with Crippen molar-refractivity contribution in [3.05, 3.63) is 53.9 Å². The Morgan fingerprint density at radius 3 is 2.65 bits per heavy atom. The number of primary sulfonamides is 1. The van der Waals surface area contributed by atoms with Crippen molar-refractivity contribution in [3.63, 3.8) is 0 Å². The van der Waals surface area contributed by atoms with Crippen molar-refractivity contribution < 1.29 is 13.2 Å². The van der Waals surface area contributed by atoms with Crippen LogP contribution in [-0.4, -0.2) is 19.3 Å². The van der Waals surface area contributed by atoms with Crippen molar-refractivity contribution in [1.29, 1.82) is 0 Å². The normalized spacial score (nSPS) is 11.1. The minimum Gasteiger partial charge on any atom is -0.322 e. The third-order valence-corrected chi connectivity index (χ3v) is 3.62. The van der Waals surface area contributed by atoms with Gasteiger partial charge in [0.15, 0.2) is 0 Å². The number of rotatable bonds is 3. The van der Waals surface area contributed by atoms with Gasteiger partial charge >= 0.3 is 0 Å². The van der Waals surface area contributed by atoms with Crippen LogP contribution in [0.5, 0.6) is 0 Å². The van der Waals surface area contributed by atoms with Crippen LogP contribution < -0.4 is 10.5 Å². The molecule has 0 aliphatic heterocycles. The van der Waals surface area contributed by atoms with Crippen molar-refractivity contribution >= 4 is 21.6 Å². The predicted molar refractivity (Wildman–Crippen MR) is 74.7 cm³/mol. The molecule has 3 N–H and O–H groups in total. The Bertz CT molecular complexity index is 743. The van der Waals surface area contributed by atoms with E-state index in [9.17, 15) is 13.2 Å². The van der Waals surface area contributed by atoms with Crippen molar-refractivity contribution in [1.82, 2.24) is 4.98 Å². The highest BCUT2D eigenvalue weighted by Gasteiger charge is 2.12. The molecule has 0 atom stereocenters. The Balaban J connectivity index is 2.32. The molecule has 6 nitrogen and oxygen atoms in total. The van der Waals surface area contributed by atoms with Gasteiger partial charge in [-0.25, -0.2) is 13.6 Å². The van der Waals surface area contributed by atoms with E-state index >= 15 is 0 Å². The average Bonchev–Trinajstić information content (AvgIpc) is 2.41. The second-order valence-electron chi connectivity index (χ2n) is 4.22. The van der Waals surface area contributed by atoms with Gasteiger partial charge in [-0.15, -0.1) is 0 Å². The van der Waals surface area contributed by atoms with Crippen molar-refractivity contribution in [2.75, 3.05) is 5.32 Å².